The first-order valence-corrected chi connectivity index (χ1v) is 4.64. The fourth-order valence-corrected chi connectivity index (χ4v) is 1.22. The Bertz CT molecular complexity index is 362. The fraction of sp³-hybridized carbons (Fsp3) is 0.222. The zero-order valence-electron chi connectivity index (χ0n) is 7.87. The third-order valence-electron chi connectivity index (χ3n) is 1.76. The molecule has 0 unspecified atom stereocenters. The summed E-state index contributed by atoms with van der Waals surface area (Å²) < 4.78 is 17.8. The number of rotatable bonds is 2. The van der Waals surface area contributed by atoms with Crippen molar-refractivity contribution in [2.45, 2.75) is 6.04 Å². The van der Waals surface area contributed by atoms with Crippen molar-refractivity contribution >= 4 is 34.3 Å². The maximum absolute atomic E-state index is 13.1. The highest BCUT2D eigenvalue weighted by molar-refractivity contribution is 9.10. The molecule has 1 rings (SSSR count). The molecule has 0 heterocycles. The molecular weight excluding hydrogens is 288 g/mol. The van der Waals surface area contributed by atoms with Crippen molar-refractivity contribution in [2.75, 3.05) is 7.11 Å². The Morgan fingerprint density at radius 2 is 2.20 bits per heavy atom. The Balaban J connectivity index is 0.00000196. The summed E-state index contributed by atoms with van der Waals surface area (Å²) in [6.45, 7) is 0. The Kier molecular flexibility index (Phi) is 5.79. The van der Waals surface area contributed by atoms with E-state index in [-0.39, 0.29) is 12.4 Å². The average Bonchev–Trinajstić information content (AvgIpc) is 2.20. The largest absolute Gasteiger partial charge is 0.468 e. The second-order valence-corrected chi connectivity index (χ2v) is 3.53. The molecule has 6 heteroatoms. The van der Waals surface area contributed by atoms with Crippen molar-refractivity contribution in [2.24, 2.45) is 5.73 Å². The predicted octanol–water partition coefficient (Wildman–Crippen LogP) is 2.18. The van der Waals surface area contributed by atoms with Gasteiger partial charge in [0.1, 0.15) is 11.9 Å². The van der Waals surface area contributed by atoms with E-state index in [1.807, 2.05) is 0 Å². The summed E-state index contributed by atoms with van der Waals surface area (Å²) in [4.78, 5) is 11.0. The Hall–Kier alpha value is -0.650. The van der Waals surface area contributed by atoms with Gasteiger partial charge < -0.3 is 10.5 Å². The van der Waals surface area contributed by atoms with Gasteiger partial charge in [0.15, 0.2) is 0 Å². The van der Waals surface area contributed by atoms with Gasteiger partial charge in [-0.3, -0.25) is 4.79 Å². The van der Waals surface area contributed by atoms with Crippen LogP contribution >= 0.6 is 28.3 Å². The van der Waals surface area contributed by atoms with Crippen LogP contribution in [0.15, 0.2) is 22.7 Å². The fourth-order valence-electron chi connectivity index (χ4n) is 0.969. The molecule has 15 heavy (non-hydrogen) atoms. The van der Waals surface area contributed by atoms with Crippen molar-refractivity contribution in [1.29, 1.82) is 0 Å². The van der Waals surface area contributed by atoms with Gasteiger partial charge in [-0.15, -0.1) is 12.4 Å². The van der Waals surface area contributed by atoms with Crippen LogP contribution in [-0.2, 0) is 9.53 Å². The molecule has 0 bridgehead atoms. The van der Waals surface area contributed by atoms with E-state index in [9.17, 15) is 9.18 Å². The third kappa shape index (κ3) is 3.44. The van der Waals surface area contributed by atoms with Gasteiger partial charge in [-0.1, -0.05) is 6.07 Å². The maximum atomic E-state index is 13.1. The molecule has 0 amide bonds. The smallest absolute Gasteiger partial charge is 0.327 e. The summed E-state index contributed by atoms with van der Waals surface area (Å²) in [5.74, 6) is -1.05. The quantitative estimate of drug-likeness (QED) is 0.852. The van der Waals surface area contributed by atoms with Crippen LogP contribution in [0, 0.1) is 5.82 Å². The molecule has 0 aromatic heterocycles. The molecule has 2 N–H and O–H groups in total. The average molecular weight is 299 g/mol. The van der Waals surface area contributed by atoms with Gasteiger partial charge in [0.25, 0.3) is 0 Å². The van der Waals surface area contributed by atoms with Gasteiger partial charge in [0, 0.05) is 0 Å². The number of methoxy groups -OCH3 is 1. The van der Waals surface area contributed by atoms with E-state index in [1.165, 1.54) is 19.2 Å². The van der Waals surface area contributed by atoms with Crippen LogP contribution in [-0.4, -0.2) is 13.1 Å². The summed E-state index contributed by atoms with van der Waals surface area (Å²) in [6, 6.07) is 3.32. The number of halogens is 3. The molecule has 0 radical (unpaired) electrons. The molecule has 3 nitrogen and oxygen atoms in total. The SMILES string of the molecule is COC(=O)[C@@H](N)c1ccc(Br)c(F)c1.Cl. The van der Waals surface area contributed by atoms with Gasteiger partial charge in [-0.25, -0.2) is 4.39 Å². The van der Waals surface area contributed by atoms with Crippen molar-refractivity contribution in [3.05, 3.63) is 34.1 Å². The molecule has 0 spiro atoms. The molecule has 0 aliphatic heterocycles. The van der Waals surface area contributed by atoms with Crippen molar-refractivity contribution < 1.29 is 13.9 Å². The summed E-state index contributed by atoms with van der Waals surface area (Å²) in [5.41, 5.74) is 5.90. The number of esters is 1. The molecule has 0 aliphatic rings. The van der Waals surface area contributed by atoms with Crippen LogP contribution < -0.4 is 5.73 Å². The second kappa shape index (κ2) is 6.05. The van der Waals surface area contributed by atoms with Gasteiger partial charge in [-0.05, 0) is 33.6 Å². The first-order valence-electron chi connectivity index (χ1n) is 3.84. The number of ether oxygens (including phenoxy) is 1. The molecule has 0 saturated heterocycles. The molecule has 0 saturated carbocycles. The minimum absolute atomic E-state index is 0. The molecule has 84 valence electrons. The predicted molar refractivity (Wildman–Crippen MR) is 60.3 cm³/mol. The zero-order valence-corrected chi connectivity index (χ0v) is 10.3. The normalized spacial score (nSPS) is 11.5. The summed E-state index contributed by atoms with van der Waals surface area (Å²) >= 11 is 3.00. The van der Waals surface area contributed by atoms with Crippen LogP contribution in [0.4, 0.5) is 4.39 Å². The monoisotopic (exact) mass is 297 g/mol. The van der Waals surface area contributed by atoms with E-state index in [0.29, 0.717) is 10.0 Å². The maximum Gasteiger partial charge on any atom is 0.327 e. The lowest BCUT2D eigenvalue weighted by atomic mass is 10.1. The minimum atomic E-state index is -0.942. The van der Waals surface area contributed by atoms with Crippen LogP contribution in [0.3, 0.4) is 0 Å². The first kappa shape index (κ1) is 14.3. The highest BCUT2D eigenvalue weighted by Crippen LogP contribution is 2.20. The number of hydrogen-bond acceptors (Lipinski definition) is 3. The highest BCUT2D eigenvalue weighted by atomic mass is 79.9. The van der Waals surface area contributed by atoms with E-state index in [2.05, 4.69) is 20.7 Å². The lowest BCUT2D eigenvalue weighted by Crippen LogP contribution is -2.22. The highest BCUT2D eigenvalue weighted by Gasteiger charge is 2.17. The van der Waals surface area contributed by atoms with Crippen molar-refractivity contribution in [3.8, 4) is 0 Å². The Morgan fingerprint density at radius 3 is 2.67 bits per heavy atom. The lowest BCUT2D eigenvalue weighted by Gasteiger charge is -2.09. The lowest BCUT2D eigenvalue weighted by molar-refractivity contribution is -0.142. The summed E-state index contributed by atoms with van der Waals surface area (Å²) in [6.07, 6.45) is 0. The standard InChI is InChI=1S/C9H9BrFNO2.ClH/c1-14-9(13)8(12)5-2-3-6(10)7(11)4-5;/h2-4,8H,12H2,1H3;1H/t8-;/m0./s1. The number of carbonyl (C=O) groups is 1. The first-order chi connectivity index (χ1) is 6.56. The van der Waals surface area contributed by atoms with Crippen LogP contribution in [0.5, 0.6) is 0 Å². The van der Waals surface area contributed by atoms with E-state index in [1.54, 1.807) is 6.07 Å². The molecule has 0 aliphatic carbocycles. The molecule has 0 fully saturated rings. The zero-order chi connectivity index (χ0) is 10.7. The van der Waals surface area contributed by atoms with Gasteiger partial charge >= 0.3 is 5.97 Å². The number of hydrogen-bond donors (Lipinski definition) is 1. The van der Waals surface area contributed by atoms with Crippen LogP contribution in [0.25, 0.3) is 0 Å². The minimum Gasteiger partial charge on any atom is -0.468 e. The molecule has 1 atom stereocenters. The number of carbonyl (C=O) groups excluding carboxylic acids is 1. The van der Waals surface area contributed by atoms with E-state index >= 15 is 0 Å². The van der Waals surface area contributed by atoms with E-state index < -0.39 is 17.8 Å². The van der Waals surface area contributed by atoms with Gasteiger partial charge in [-0.2, -0.15) is 0 Å². The topological polar surface area (TPSA) is 52.3 Å². The number of nitrogens with two attached hydrogens (primary N) is 1. The van der Waals surface area contributed by atoms with E-state index in [4.69, 9.17) is 5.73 Å². The van der Waals surface area contributed by atoms with Gasteiger partial charge in [0.05, 0.1) is 11.6 Å². The molecular formula is C9H10BrClFNO2. The molecule has 1 aromatic rings. The van der Waals surface area contributed by atoms with Crippen molar-refractivity contribution in [3.63, 3.8) is 0 Å². The molecule has 1 aromatic carbocycles. The Morgan fingerprint density at radius 1 is 1.60 bits per heavy atom. The van der Waals surface area contributed by atoms with E-state index in [0.717, 1.165) is 0 Å². The number of benzene rings is 1. The van der Waals surface area contributed by atoms with Crippen LogP contribution in [0.2, 0.25) is 0 Å². The van der Waals surface area contributed by atoms with Crippen molar-refractivity contribution in [1.82, 2.24) is 0 Å². The van der Waals surface area contributed by atoms with Crippen LogP contribution in [0.1, 0.15) is 11.6 Å². The third-order valence-corrected chi connectivity index (χ3v) is 2.40. The summed E-state index contributed by atoms with van der Waals surface area (Å²) in [7, 11) is 1.23. The summed E-state index contributed by atoms with van der Waals surface area (Å²) in [5, 5.41) is 0. The second-order valence-electron chi connectivity index (χ2n) is 2.67. The Labute approximate surface area is 101 Å². The van der Waals surface area contributed by atoms with Gasteiger partial charge in [0.2, 0.25) is 0 Å².